The highest BCUT2D eigenvalue weighted by atomic mass is 16.3. The predicted octanol–water partition coefficient (Wildman–Crippen LogP) is 2.47. The Bertz CT molecular complexity index is 655. The van der Waals surface area contributed by atoms with Crippen LogP contribution in [0, 0.1) is 0 Å². The predicted molar refractivity (Wildman–Crippen MR) is 98.1 cm³/mol. The number of nitrogens with one attached hydrogen (secondary N) is 1. The number of hydrogen-bond donors (Lipinski definition) is 2. The monoisotopic (exact) mass is 359 g/mol. The minimum Gasteiger partial charge on any atom is -0.389 e. The van der Waals surface area contributed by atoms with Crippen LogP contribution in [0.5, 0.6) is 0 Å². The van der Waals surface area contributed by atoms with Gasteiger partial charge < -0.3 is 15.3 Å². The first-order chi connectivity index (χ1) is 12.5. The Labute approximate surface area is 155 Å². The Kier molecular flexibility index (Phi) is 5.91. The van der Waals surface area contributed by atoms with Crippen molar-refractivity contribution in [1.29, 1.82) is 0 Å². The standard InChI is InChI=1S/C20H29N3O3/c1-15(24)21-14-16-7-5-8-17(22-16)18-9-6-12-23(18)19(25)13-20(26)10-3-2-4-11-20/h5,7-8,18,26H,2-4,6,9-14H2,1H3,(H,21,24)/t18-/m1/s1. The summed E-state index contributed by atoms with van der Waals surface area (Å²) in [6.45, 7) is 2.60. The lowest BCUT2D eigenvalue weighted by Crippen LogP contribution is -2.40. The van der Waals surface area contributed by atoms with E-state index in [0.717, 1.165) is 62.9 Å². The molecule has 1 aromatic heterocycles. The second kappa shape index (κ2) is 8.16. The van der Waals surface area contributed by atoms with E-state index in [1.165, 1.54) is 6.92 Å². The quantitative estimate of drug-likeness (QED) is 0.846. The summed E-state index contributed by atoms with van der Waals surface area (Å²) in [6, 6.07) is 5.72. The molecule has 1 saturated heterocycles. The van der Waals surface area contributed by atoms with Crippen LogP contribution in [0.3, 0.4) is 0 Å². The number of pyridine rings is 1. The van der Waals surface area contributed by atoms with Crippen molar-refractivity contribution in [2.45, 2.75) is 76.5 Å². The molecule has 1 aliphatic carbocycles. The van der Waals surface area contributed by atoms with Crippen molar-refractivity contribution in [2.24, 2.45) is 0 Å². The summed E-state index contributed by atoms with van der Waals surface area (Å²) >= 11 is 0. The highest BCUT2D eigenvalue weighted by molar-refractivity contribution is 5.78. The van der Waals surface area contributed by atoms with Gasteiger partial charge in [-0.25, -0.2) is 0 Å². The Hall–Kier alpha value is -1.95. The number of aromatic nitrogens is 1. The maximum atomic E-state index is 12.9. The second-order valence-electron chi connectivity index (χ2n) is 7.67. The third-order valence-electron chi connectivity index (χ3n) is 5.53. The van der Waals surface area contributed by atoms with Crippen LogP contribution in [0.15, 0.2) is 18.2 Å². The molecule has 1 atom stereocenters. The number of aliphatic hydroxyl groups is 1. The fourth-order valence-corrected chi connectivity index (χ4v) is 4.14. The highest BCUT2D eigenvalue weighted by Gasteiger charge is 2.37. The van der Waals surface area contributed by atoms with Gasteiger partial charge in [-0.1, -0.05) is 25.3 Å². The summed E-state index contributed by atoms with van der Waals surface area (Å²) in [4.78, 5) is 30.5. The lowest BCUT2D eigenvalue weighted by Gasteiger charge is -2.34. The van der Waals surface area contributed by atoms with Gasteiger partial charge in [0.15, 0.2) is 0 Å². The van der Waals surface area contributed by atoms with Crippen LogP contribution in [0.25, 0.3) is 0 Å². The molecule has 26 heavy (non-hydrogen) atoms. The normalized spacial score (nSPS) is 22.2. The number of nitrogens with zero attached hydrogens (tertiary/aromatic N) is 2. The SMILES string of the molecule is CC(=O)NCc1cccc([C@H]2CCCN2C(=O)CC2(O)CCCCC2)n1. The zero-order valence-electron chi connectivity index (χ0n) is 15.5. The third kappa shape index (κ3) is 4.61. The van der Waals surface area contributed by atoms with E-state index in [9.17, 15) is 14.7 Å². The number of likely N-dealkylation sites (tertiary alicyclic amines) is 1. The van der Waals surface area contributed by atoms with Crippen LogP contribution in [0.1, 0.15) is 75.7 Å². The average molecular weight is 359 g/mol. The van der Waals surface area contributed by atoms with Crippen molar-refractivity contribution in [3.05, 3.63) is 29.6 Å². The largest absolute Gasteiger partial charge is 0.389 e. The molecule has 0 unspecified atom stereocenters. The topological polar surface area (TPSA) is 82.5 Å². The van der Waals surface area contributed by atoms with Crippen molar-refractivity contribution in [2.75, 3.05) is 6.54 Å². The molecule has 0 spiro atoms. The molecule has 2 heterocycles. The van der Waals surface area contributed by atoms with Crippen molar-refractivity contribution in [3.8, 4) is 0 Å². The van der Waals surface area contributed by atoms with Gasteiger partial charge >= 0.3 is 0 Å². The maximum absolute atomic E-state index is 12.9. The average Bonchev–Trinajstić information content (AvgIpc) is 3.10. The minimum absolute atomic E-state index is 0.0333. The molecule has 142 valence electrons. The van der Waals surface area contributed by atoms with E-state index in [1.807, 2.05) is 23.1 Å². The van der Waals surface area contributed by atoms with Gasteiger partial charge in [0.05, 0.1) is 36.0 Å². The molecule has 2 fully saturated rings. The van der Waals surface area contributed by atoms with Crippen LogP contribution < -0.4 is 5.32 Å². The molecule has 0 radical (unpaired) electrons. The molecule has 6 heteroatoms. The smallest absolute Gasteiger partial charge is 0.226 e. The molecule has 3 rings (SSSR count). The first kappa shape index (κ1) is 18.8. The lowest BCUT2D eigenvalue weighted by molar-refractivity contribution is -0.138. The number of amides is 2. The zero-order valence-corrected chi connectivity index (χ0v) is 15.5. The van der Waals surface area contributed by atoms with Crippen molar-refractivity contribution in [3.63, 3.8) is 0 Å². The van der Waals surface area contributed by atoms with E-state index < -0.39 is 5.60 Å². The number of rotatable bonds is 5. The van der Waals surface area contributed by atoms with Crippen molar-refractivity contribution < 1.29 is 14.7 Å². The molecular weight excluding hydrogens is 330 g/mol. The van der Waals surface area contributed by atoms with Crippen molar-refractivity contribution in [1.82, 2.24) is 15.2 Å². The first-order valence-corrected chi connectivity index (χ1v) is 9.69. The Morgan fingerprint density at radius 2 is 2.04 bits per heavy atom. The molecule has 0 bridgehead atoms. The van der Waals surface area contributed by atoms with Gasteiger partial charge in [-0.2, -0.15) is 0 Å². The summed E-state index contributed by atoms with van der Waals surface area (Å²) in [5.74, 6) is -0.0541. The fraction of sp³-hybridized carbons (Fsp3) is 0.650. The Balaban J connectivity index is 1.68. The van der Waals surface area contributed by atoms with E-state index in [-0.39, 0.29) is 24.3 Å². The fourth-order valence-electron chi connectivity index (χ4n) is 4.14. The summed E-state index contributed by atoms with van der Waals surface area (Å²) in [6.07, 6.45) is 6.65. The van der Waals surface area contributed by atoms with E-state index in [0.29, 0.717) is 6.54 Å². The van der Waals surface area contributed by atoms with Crippen LogP contribution in [0.4, 0.5) is 0 Å². The van der Waals surface area contributed by atoms with Gasteiger partial charge in [-0.05, 0) is 37.8 Å². The summed E-state index contributed by atoms with van der Waals surface area (Å²) < 4.78 is 0. The summed E-state index contributed by atoms with van der Waals surface area (Å²) in [5.41, 5.74) is 0.834. The second-order valence-corrected chi connectivity index (χ2v) is 7.67. The molecule has 2 N–H and O–H groups in total. The molecule has 1 aliphatic heterocycles. The molecule has 1 saturated carbocycles. The molecular formula is C20H29N3O3. The van der Waals surface area contributed by atoms with Crippen LogP contribution in [-0.2, 0) is 16.1 Å². The van der Waals surface area contributed by atoms with Crippen LogP contribution in [0.2, 0.25) is 0 Å². The maximum Gasteiger partial charge on any atom is 0.226 e. The number of hydrogen-bond acceptors (Lipinski definition) is 4. The Morgan fingerprint density at radius 1 is 1.27 bits per heavy atom. The van der Waals surface area contributed by atoms with E-state index >= 15 is 0 Å². The molecule has 2 amide bonds. The van der Waals surface area contributed by atoms with Gasteiger partial charge in [0, 0.05) is 13.5 Å². The van der Waals surface area contributed by atoms with Gasteiger partial charge in [0.25, 0.3) is 0 Å². The van der Waals surface area contributed by atoms with Crippen LogP contribution >= 0.6 is 0 Å². The van der Waals surface area contributed by atoms with Crippen LogP contribution in [-0.4, -0.2) is 39.0 Å². The number of carbonyl (C=O) groups excluding carboxylic acids is 2. The van der Waals surface area contributed by atoms with Gasteiger partial charge in [0.2, 0.25) is 11.8 Å². The van der Waals surface area contributed by atoms with E-state index in [1.54, 1.807) is 0 Å². The molecule has 6 nitrogen and oxygen atoms in total. The summed E-state index contributed by atoms with van der Waals surface area (Å²) in [7, 11) is 0. The zero-order chi connectivity index (χ0) is 18.6. The highest BCUT2D eigenvalue weighted by Crippen LogP contribution is 2.35. The third-order valence-corrected chi connectivity index (χ3v) is 5.53. The Morgan fingerprint density at radius 3 is 2.77 bits per heavy atom. The first-order valence-electron chi connectivity index (χ1n) is 9.69. The molecule has 1 aromatic rings. The van der Waals surface area contributed by atoms with Gasteiger partial charge in [-0.3, -0.25) is 14.6 Å². The summed E-state index contributed by atoms with van der Waals surface area (Å²) in [5, 5.41) is 13.5. The minimum atomic E-state index is -0.830. The van der Waals surface area contributed by atoms with E-state index in [4.69, 9.17) is 0 Å². The van der Waals surface area contributed by atoms with E-state index in [2.05, 4.69) is 10.3 Å². The van der Waals surface area contributed by atoms with Crippen molar-refractivity contribution >= 4 is 11.8 Å². The van der Waals surface area contributed by atoms with Gasteiger partial charge in [0.1, 0.15) is 0 Å². The van der Waals surface area contributed by atoms with Gasteiger partial charge in [-0.15, -0.1) is 0 Å². The lowest BCUT2D eigenvalue weighted by atomic mass is 9.82. The molecule has 0 aromatic carbocycles. The number of carbonyl (C=O) groups is 2. The molecule has 2 aliphatic rings.